The molecule has 23 heavy (non-hydrogen) atoms. The van der Waals surface area contributed by atoms with Crippen molar-refractivity contribution < 1.29 is 14.3 Å². The second-order valence-electron chi connectivity index (χ2n) is 5.07. The van der Waals surface area contributed by atoms with Gasteiger partial charge < -0.3 is 10.5 Å². The Kier molecular flexibility index (Phi) is 6.18. The fraction of sp³-hybridized carbons (Fsp3) is 0.222. The third kappa shape index (κ3) is 4.83. The average Bonchev–Trinajstić information content (AvgIpc) is 2.58. The third-order valence-corrected chi connectivity index (χ3v) is 3.61. The van der Waals surface area contributed by atoms with Crippen molar-refractivity contribution in [3.05, 3.63) is 65.2 Å². The van der Waals surface area contributed by atoms with E-state index in [0.717, 1.165) is 5.56 Å². The summed E-state index contributed by atoms with van der Waals surface area (Å²) in [6, 6.07) is 14.3. The molecule has 2 rings (SSSR count). The van der Waals surface area contributed by atoms with E-state index >= 15 is 0 Å². The quantitative estimate of drug-likeness (QED) is 0.594. The molecule has 0 radical (unpaired) electrons. The van der Waals surface area contributed by atoms with Gasteiger partial charge in [-0.1, -0.05) is 30.3 Å². The molecule has 2 N–H and O–H groups in total. The number of hydrogen-bond donors (Lipinski definition) is 1. The van der Waals surface area contributed by atoms with Crippen molar-refractivity contribution >= 4 is 23.3 Å². The minimum Gasteiger partial charge on any atom is -0.488 e. The van der Waals surface area contributed by atoms with Gasteiger partial charge in [0.2, 0.25) is 0 Å². The van der Waals surface area contributed by atoms with Crippen LogP contribution >= 0.6 is 11.6 Å². The largest absolute Gasteiger partial charge is 0.488 e. The number of nitrogens with two attached hydrogens (primary N) is 1. The molecule has 0 aliphatic rings. The fourth-order valence-electron chi connectivity index (χ4n) is 2.13. The maximum absolute atomic E-state index is 12.0. The predicted octanol–water partition coefficient (Wildman–Crippen LogP) is 3.57. The lowest BCUT2D eigenvalue weighted by Gasteiger charge is -2.11. The van der Waals surface area contributed by atoms with Gasteiger partial charge in [-0.05, 0) is 30.2 Å². The maximum Gasteiger partial charge on any atom is 0.252 e. The number of hydrogen-bond acceptors (Lipinski definition) is 3. The highest BCUT2D eigenvalue weighted by molar-refractivity contribution is 6.18. The predicted molar refractivity (Wildman–Crippen MR) is 90.0 cm³/mol. The van der Waals surface area contributed by atoms with E-state index in [0.29, 0.717) is 36.6 Å². The smallest absolute Gasteiger partial charge is 0.252 e. The van der Waals surface area contributed by atoms with Gasteiger partial charge in [-0.2, -0.15) is 0 Å². The molecule has 0 bridgehead atoms. The van der Waals surface area contributed by atoms with Crippen LogP contribution < -0.4 is 10.5 Å². The highest BCUT2D eigenvalue weighted by Gasteiger charge is 2.14. The van der Waals surface area contributed by atoms with Gasteiger partial charge in [0.15, 0.2) is 5.78 Å². The van der Waals surface area contributed by atoms with Gasteiger partial charge in [-0.15, -0.1) is 11.6 Å². The number of primary amides is 1. The standard InChI is InChI=1S/C18H18ClNO3/c19-10-4-7-16(21)14-8-9-17(15(11-14)18(20)22)23-12-13-5-2-1-3-6-13/h1-3,5-6,8-9,11H,4,7,10,12H2,(H2,20,22). The van der Waals surface area contributed by atoms with E-state index < -0.39 is 5.91 Å². The number of amides is 1. The summed E-state index contributed by atoms with van der Waals surface area (Å²) in [7, 11) is 0. The fourth-order valence-corrected chi connectivity index (χ4v) is 2.26. The molecule has 0 aromatic heterocycles. The number of carbonyl (C=O) groups is 2. The molecule has 0 aliphatic carbocycles. The minimum atomic E-state index is -0.625. The Balaban J connectivity index is 2.16. The zero-order valence-corrected chi connectivity index (χ0v) is 13.4. The van der Waals surface area contributed by atoms with E-state index in [1.54, 1.807) is 12.1 Å². The van der Waals surface area contributed by atoms with E-state index in [2.05, 4.69) is 0 Å². The SMILES string of the molecule is NC(=O)c1cc(C(=O)CCCCl)ccc1OCc1ccccc1. The number of rotatable bonds is 8. The van der Waals surface area contributed by atoms with Gasteiger partial charge in [0.05, 0.1) is 5.56 Å². The van der Waals surface area contributed by atoms with Crippen LogP contribution in [0.25, 0.3) is 0 Å². The number of ketones is 1. The molecule has 0 spiro atoms. The summed E-state index contributed by atoms with van der Waals surface area (Å²) in [6.07, 6.45) is 0.935. The first-order chi connectivity index (χ1) is 11.1. The van der Waals surface area contributed by atoms with Crippen molar-refractivity contribution in [2.24, 2.45) is 5.73 Å². The first-order valence-electron chi connectivity index (χ1n) is 7.31. The van der Waals surface area contributed by atoms with Crippen LogP contribution in [0.5, 0.6) is 5.75 Å². The van der Waals surface area contributed by atoms with Gasteiger partial charge in [0.25, 0.3) is 5.91 Å². The third-order valence-electron chi connectivity index (χ3n) is 3.34. The summed E-state index contributed by atoms with van der Waals surface area (Å²) in [5.41, 5.74) is 7.03. The highest BCUT2D eigenvalue weighted by atomic mass is 35.5. The molecular weight excluding hydrogens is 314 g/mol. The number of benzene rings is 2. The van der Waals surface area contributed by atoms with E-state index in [1.807, 2.05) is 30.3 Å². The Morgan fingerprint density at radius 3 is 2.48 bits per heavy atom. The lowest BCUT2D eigenvalue weighted by atomic mass is 10.0. The van der Waals surface area contributed by atoms with Gasteiger partial charge >= 0.3 is 0 Å². The van der Waals surface area contributed by atoms with Crippen LogP contribution in [-0.2, 0) is 6.61 Å². The average molecular weight is 332 g/mol. The summed E-state index contributed by atoms with van der Waals surface area (Å²) in [5.74, 6) is 0.102. The highest BCUT2D eigenvalue weighted by Crippen LogP contribution is 2.22. The van der Waals surface area contributed by atoms with Crippen molar-refractivity contribution in [1.82, 2.24) is 0 Å². The Labute approximate surface area is 140 Å². The van der Waals surface area contributed by atoms with Gasteiger partial charge in [-0.25, -0.2) is 0 Å². The van der Waals surface area contributed by atoms with Crippen molar-refractivity contribution in [1.29, 1.82) is 0 Å². The summed E-state index contributed by atoms with van der Waals surface area (Å²) < 4.78 is 5.67. The summed E-state index contributed by atoms with van der Waals surface area (Å²) in [5, 5.41) is 0. The second-order valence-corrected chi connectivity index (χ2v) is 5.44. The van der Waals surface area contributed by atoms with Crippen molar-refractivity contribution in [2.45, 2.75) is 19.4 Å². The van der Waals surface area contributed by atoms with Gasteiger partial charge in [0, 0.05) is 17.9 Å². The van der Waals surface area contributed by atoms with Crippen LogP contribution in [0.15, 0.2) is 48.5 Å². The zero-order chi connectivity index (χ0) is 16.7. The first kappa shape index (κ1) is 17.0. The molecule has 0 atom stereocenters. The molecular formula is C18H18ClNO3. The van der Waals surface area contributed by atoms with E-state index in [9.17, 15) is 9.59 Å². The second kappa shape index (κ2) is 8.34. The Hall–Kier alpha value is -2.33. The number of alkyl halides is 1. The van der Waals surface area contributed by atoms with Crippen LogP contribution in [0, 0.1) is 0 Å². The summed E-state index contributed by atoms with van der Waals surface area (Å²) >= 11 is 5.59. The molecule has 0 aliphatic heterocycles. The summed E-state index contributed by atoms with van der Waals surface area (Å²) in [6.45, 7) is 0.320. The monoisotopic (exact) mass is 331 g/mol. The van der Waals surface area contributed by atoms with E-state index in [-0.39, 0.29) is 11.3 Å². The normalized spacial score (nSPS) is 10.3. The molecule has 120 valence electrons. The van der Waals surface area contributed by atoms with Gasteiger partial charge in [-0.3, -0.25) is 9.59 Å². The zero-order valence-electron chi connectivity index (χ0n) is 12.6. The van der Waals surface area contributed by atoms with Crippen LogP contribution in [0.2, 0.25) is 0 Å². The molecule has 0 heterocycles. The lowest BCUT2D eigenvalue weighted by Crippen LogP contribution is -2.14. The molecule has 0 saturated carbocycles. The van der Waals surface area contributed by atoms with Crippen molar-refractivity contribution in [3.63, 3.8) is 0 Å². The Bertz CT molecular complexity index is 686. The molecule has 0 unspecified atom stereocenters. The van der Waals surface area contributed by atoms with E-state index in [1.165, 1.54) is 6.07 Å². The maximum atomic E-state index is 12.0. The molecule has 0 saturated heterocycles. The van der Waals surface area contributed by atoms with Crippen LogP contribution in [-0.4, -0.2) is 17.6 Å². The number of carbonyl (C=O) groups excluding carboxylic acids is 2. The first-order valence-corrected chi connectivity index (χ1v) is 7.85. The molecule has 5 heteroatoms. The summed E-state index contributed by atoms with van der Waals surface area (Å²) in [4.78, 5) is 23.6. The molecule has 4 nitrogen and oxygen atoms in total. The molecule has 1 amide bonds. The van der Waals surface area contributed by atoms with E-state index in [4.69, 9.17) is 22.1 Å². The lowest BCUT2D eigenvalue weighted by molar-refractivity contribution is 0.0982. The number of halogens is 1. The Morgan fingerprint density at radius 1 is 1.09 bits per heavy atom. The topological polar surface area (TPSA) is 69.4 Å². The molecule has 2 aromatic carbocycles. The molecule has 2 aromatic rings. The molecule has 0 fully saturated rings. The Morgan fingerprint density at radius 2 is 1.83 bits per heavy atom. The minimum absolute atomic E-state index is 0.0669. The van der Waals surface area contributed by atoms with Crippen molar-refractivity contribution in [3.8, 4) is 5.75 Å². The number of Topliss-reactive ketones (excluding diaryl/α,β-unsaturated/α-hetero) is 1. The van der Waals surface area contributed by atoms with Crippen LogP contribution in [0.4, 0.5) is 0 Å². The van der Waals surface area contributed by atoms with Crippen LogP contribution in [0.1, 0.15) is 39.1 Å². The van der Waals surface area contributed by atoms with Gasteiger partial charge in [0.1, 0.15) is 12.4 Å². The van der Waals surface area contributed by atoms with Crippen LogP contribution in [0.3, 0.4) is 0 Å². The van der Waals surface area contributed by atoms with Crippen molar-refractivity contribution in [2.75, 3.05) is 5.88 Å². The number of ether oxygens (including phenoxy) is 1.